The summed E-state index contributed by atoms with van der Waals surface area (Å²) >= 11 is 1.61. The molecule has 18 heavy (non-hydrogen) atoms. The molecule has 1 aromatic rings. The molecule has 1 aromatic heterocycles. The Hall–Kier alpha value is -1.28. The summed E-state index contributed by atoms with van der Waals surface area (Å²) in [6.45, 7) is 5.51. The van der Waals surface area contributed by atoms with E-state index in [0.29, 0.717) is 6.54 Å². The van der Waals surface area contributed by atoms with Gasteiger partial charge in [0.25, 0.3) is 0 Å². The van der Waals surface area contributed by atoms with Crippen LogP contribution in [0.2, 0.25) is 0 Å². The van der Waals surface area contributed by atoms with E-state index < -0.39 is 0 Å². The lowest BCUT2D eigenvalue weighted by atomic mass is 10.6. The number of nitrogens with one attached hydrogen (secondary N) is 1. The van der Waals surface area contributed by atoms with Crippen LogP contribution in [0, 0.1) is 0 Å². The molecule has 0 radical (unpaired) electrons. The Kier molecular flexibility index (Phi) is 4.43. The summed E-state index contributed by atoms with van der Waals surface area (Å²) in [6, 6.07) is 0.0233. The van der Waals surface area contributed by atoms with Gasteiger partial charge in [-0.05, 0) is 6.92 Å². The molecule has 2 rings (SSSR count). The number of aromatic nitrogens is 3. The van der Waals surface area contributed by atoms with Gasteiger partial charge in [0.2, 0.25) is 0 Å². The lowest BCUT2D eigenvalue weighted by molar-refractivity contribution is 0.220. The first-order valence-corrected chi connectivity index (χ1v) is 7.02. The number of nitrogens with two attached hydrogens (primary N) is 1. The molecule has 0 aliphatic carbocycles. The molecule has 100 valence electrons. The Morgan fingerprint density at radius 2 is 2.33 bits per heavy atom. The van der Waals surface area contributed by atoms with Crippen LogP contribution in [-0.4, -0.2) is 51.1 Å². The maximum Gasteiger partial charge on any atom is 0.317 e. The summed E-state index contributed by atoms with van der Waals surface area (Å²) in [4.78, 5) is 13.2. The first-order valence-electron chi connectivity index (χ1n) is 6.04. The number of hydrogen-bond donors (Lipinski definition) is 2. The number of rotatable bonds is 6. The second-order valence-corrected chi connectivity index (χ2v) is 4.98. The zero-order valence-corrected chi connectivity index (χ0v) is 11.2. The number of amides is 2. The highest BCUT2D eigenvalue weighted by atomic mass is 32.2. The van der Waals surface area contributed by atoms with Crippen molar-refractivity contribution in [1.29, 1.82) is 0 Å². The average Bonchev–Trinajstić information content (AvgIpc) is 2.96. The van der Waals surface area contributed by atoms with Crippen LogP contribution >= 0.6 is 11.8 Å². The molecule has 1 fully saturated rings. The monoisotopic (exact) mass is 270 g/mol. The van der Waals surface area contributed by atoms with Crippen LogP contribution in [0.3, 0.4) is 0 Å². The molecule has 0 spiro atoms. The number of urea groups is 1. The van der Waals surface area contributed by atoms with E-state index in [4.69, 9.17) is 5.73 Å². The topological polar surface area (TPSA) is 89.1 Å². The largest absolute Gasteiger partial charge is 0.336 e. The number of carbonyl (C=O) groups is 1. The van der Waals surface area contributed by atoms with Gasteiger partial charge in [0.15, 0.2) is 5.16 Å². The molecule has 2 amide bonds. The average molecular weight is 270 g/mol. The molecule has 0 unspecified atom stereocenters. The van der Waals surface area contributed by atoms with Crippen molar-refractivity contribution in [2.45, 2.75) is 25.2 Å². The number of hydrogen-bond acceptors (Lipinski definition) is 5. The van der Waals surface area contributed by atoms with E-state index in [9.17, 15) is 4.79 Å². The quantitative estimate of drug-likeness (QED) is 0.703. The lowest BCUT2D eigenvalue weighted by Crippen LogP contribution is -2.30. The highest BCUT2D eigenvalue weighted by Gasteiger charge is 2.19. The van der Waals surface area contributed by atoms with Gasteiger partial charge in [-0.15, -0.1) is 10.2 Å². The van der Waals surface area contributed by atoms with Crippen molar-refractivity contribution in [2.75, 3.05) is 25.4 Å². The zero-order chi connectivity index (χ0) is 13.0. The van der Waals surface area contributed by atoms with Crippen molar-refractivity contribution in [1.82, 2.24) is 25.0 Å². The molecule has 2 heterocycles. The predicted molar refractivity (Wildman–Crippen MR) is 69.3 cm³/mol. The van der Waals surface area contributed by atoms with Crippen molar-refractivity contribution in [3.8, 4) is 0 Å². The minimum atomic E-state index is 0.0233. The molecular formula is C10H18N6OS. The van der Waals surface area contributed by atoms with Gasteiger partial charge < -0.3 is 20.5 Å². The normalized spacial score (nSPS) is 15.2. The standard InChI is InChI=1S/C10H18N6OS/c1-2-16-8(7-11)13-14-10(16)18-6-5-15-4-3-12-9(15)17/h2-7,11H2,1H3,(H,12,17). The van der Waals surface area contributed by atoms with E-state index in [-0.39, 0.29) is 6.03 Å². The van der Waals surface area contributed by atoms with Gasteiger partial charge >= 0.3 is 6.03 Å². The Bertz CT molecular complexity index is 421. The fourth-order valence-corrected chi connectivity index (χ4v) is 2.85. The van der Waals surface area contributed by atoms with Crippen LogP contribution in [0.15, 0.2) is 5.16 Å². The highest BCUT2D eigenvalue weighted by Crippen LogP contribution is 2.17. The van der Waals surface area contributed by atoms with Gasteiger partial charge in [0.05, 0.1) is 6.54 Å². The third-order valence-corrected chi connectivity index (χ3v) is 3.78. The lowest BCUT2D eigenvalue weighted by Gasteiger charge is -2.13. The van der Waals surface area contributed by atoms with Crippen molar-refractivity contribution in [3.63, 3.8) is 0 Å². The number of carbonyl (C=O) groups excluding carboxylic acids is 1. The molecule has 0 atom stereocenters. The maximum atomic E-state index is 11.3. The van der Waals surface area contributed by atoms with E-state index in [1.807, 2.05) is 16.4 Å². The van der Waals surface area contributed by atoms with Crippen LogP contribution in [0.1, 0.15) is 12.7 Å². The fourth-order valence-electron chi connectivity index (χ4n) is 1.87. The van der Waals surface area contributed by atoms with Gasteiger partial charge in [-0.2, -0.15) is 0 Å². The Morgan fingerprint density at radius 3 is 2.94 bits per heavy atom. The first kappa shape index (κ1) is 13.2. The van der Waals surface area contributed by atoms with Gasteiger partial charge in [-0.25, -0.2) is 4.79 Å². The van der Waals surface area contributed by atoms with E-state index >= 15 is 0 Å². The fraction of sp³-hybridized carbons (Fsp3) is 0.700. The Morgan fingerprint density at radius 1 is 1.50 bits per heavy atom. The van der Waals surface area contributed by atoms with Gasteiger partial charge in [0, 0.05) is 31.9 Å². The minimum absolute atomic E-state index is 0.0233. The SMILES string of the molecule is CCn1c(CN)nnc1SCCN1CCNC1=O. The molecule has 1 saturated heterocycles. The van der Waals surface area contributed by atoms with E-state index in [0.717, 1.165) is 42.9 Å². The third kappa shape index (κ3) is 2.75. The van der Waals surface area contributed by atoms with Crippen LogP contribution in [0.25, 0.3) is 0 Å². The maximum absolute atomic E-state index is 11.3. The van der Waals surface area contributed by atoms with Crippen LogP contribution in [-0.2, 0) is 13.1 Å². The van der Waals surface area contributed by atoms with Crippen molar-refractivity contribution in [3.05, 3.63) is 5.82 Å². The Balaban J connectivity index is 1.86. The molecule has 3 N–H and O–H groups in total. The molecule has 1 aliphatic rings. The van der Waals surface area contributed by atoms with Crippen LogP contribution in [0.4, 0.5) is 4.79 Å². The van der Waals surface area contributed by atoms with E-state index in [1.54, 1.807) is 11.8 Å². The number of thioether (sulfide) groups is 1. The summed E-state index contributed by atoms with van der Waals surface area (Å²) < 4.78 is 2.01. The second kappa shape index (κ2) is 6.05. The van der Waals surface area contributed by atoms with Crippen molar-refractivity contribution >= 4 is 17.8 Å². The molecule has 7 nitrogen and oxygen atoms in total. The van der Waals surface area contributed by atoms with E-state index in [1.165, 1.54) is 0 Å². The predicted octanol–water partition coefficient (Wildman–Crippen LogP) is -0.126. The van der Waals surface area contributed by atoms with Gasteiger partial charge in [0.1, 0.15) is 5.82 Å². The smallest absolute Gasteiger partial charge is 0.317 e. The number of nitrogens with zero attached hydrogens (tertiary/aromatic N) is 4. The third-order valence-electron chi connectivity index (χ3n) is 2.83. The van der Waals surface area contributed by atoms with Crippen LogP contribution < -0.4 is 11.1 Å². The molecule has 0 saturated carbocycles. The molecule has 8 heteroatoms. The van der Waals surface area contributed by atoms with Crippen molar-refractivity contribution in [2.24, 2.45) is 5.73 Å². The van der Waals surface area contributed by atoms with Crippen LogP contribution in [0.5, 0.6) is 0 Å². The minimum Gasteiger partial charge on any atom is -0.336 e. The molecular weight excluding hydrogens is 252 g/mol. The van der Waals surface area contributed by atoms with Gasteiger partial charge in [-0.3, -0.25) is 0 Å². The first-order chi connectivity index (χ1) is 8.76. The van der Waals surface area contributed by atoms with E-state index in [2.05, 4.69) is 15.5 Å². The molecule has 0 aromatic carbocycles. The Labute approximate surface area is 110 Å². The van der Waals surface area contributed by atoms with Crippen molar-refractivity contribution < 1.29 is 4.79 Å². The summed E-state index contributed by atoms with van der Waals surface area (Å²) in [7, 11) is 0. The zero-order valence-electron chi connectivity index (χ0n) is 10.4. The van der Waals surface area contributed by atoms with Gasteiger partial charge in [-0.1, -0.05) is 11.8 Å². The molecule has 1 aliphatic heterocycles. The summed E-state index contributed by atoms with van der Waals surface area (Å²) in [5, 5.41) is 11.8. The second-order valence-electron chi connectivity index (χ2n) is 3.91. The summed E-state index contributed by atoms with van der Waals surface area (Å²) in [5.41, 5.74) is 5.59. The molecule has 0 bridgehead atoms. The highest BCUT2D eigenvalue weighted by molar-refractivity contribution is 7.99. The summed E-state index contributed by atoms with van der Waals surface area (Å²) in [6.07, 6.45) is 0. The summed E-state index contributed by atoms with van der Waals surface area (Å²) in [5.74, 6) is 1.62.